The number of rotatable bonds is 20. The summed E-state index contributed by atoms with van der Waals surface area (Å²) in [6.45, 7) is 15.5. The van der Waals surface area contributed by atoms with Crippen molar-refractivity contribution in [3.8, 4) is 0 Å². The Morgan fingerprint density at radius 1 is 0.690 bits per heavy atom. The van der Waals surface area contributed by atoms with Crippen LogP contribution in [0.15, 0.2) is 6.07 Å². The number of aromatic amines is 1. The molecule has 1 aromatic heterocycles. The van der Waals surface area contributed by atoms with Crippen LogP contribution in [0.2, 0.25) is 0 Å². The first-order valence-corrected chi connectivity index (χ1v) is 15.6. The predicted octanol–water partition coefficient (Wildman–Crippen LogP) is 5.03. The highest BCUT2D eigenvalue weighted by molar-refractivity contribution is 7.99. The fraction of sp³-hybridized carbons (Fsp3) is 0.857. The Balaban J connectivity index is 2.57. The third-order valence-electron chi connectivity index (χ3n) is 4.49. The molecule has 1 aromatic rings. The van der Waals surface area contributed by atoms with Gasteiger partial charge < -0.3 is 0 Å². The van der Waals surface area contributed by atoms with Crippen molar-refractivity contribution >= 4 is 47.0 Å². The molecule has 1 N–H and O–H groups in total. The molecule has 1 heterocycles. The van der Waals surface area contributed by atoms with E-state index in [1.165, 1.54) is 57.4 Å². The first-order chi connectivity index (χ1) is 14.2. The predicted molar refractivity (Wildman–Crippen MR) is 141 cm³/mol. The van der Waals surface area contributed by atoms with Gasteiger partial charge in [0.25, 0.3) is 0 Å². The van der Waals surface area contributed by atoms with Crippen molar-refractivity contribution in [2.45, 2.75) is 40.8 Å². The number of H-pyrrole nitrogens is 1. The summed E-state index contributed by atoms with van der Waals surface area (Å²) in [5.41, 5.74) is 2.45. The molecule has 0 atom stereocenters. The van der Waals surface area contributed by atoms with E-state index < -0.39 is 0 Å². The third-order valence-corrected chi connectivity index (χ3v) is 8.01. The minimum Gasteiger partial charge on any atom is -0.296 e. The molecule has 0 radical (unpaired) electrons. The van der Waals surface area contributed by atoms with E-state index in [1.807, 2.05) is 47.0 Å². The number of nitrogens with zero attached hydrogens (tertiary/aromatic N) is 3. The molecule has 0 aliphatic rings. The van der Waals surface area contributed by atoms with Crippen LogP contribution in [0.1, 0.15) is 39.1 Å². The van der Waals surface area contributed by atoms with Crippen LogP contribution in [-0.2, 0) is 13.1 Å². The Morgan fingerprint density at radius 3 is 1.52 bits per heavy atom. The van der Waals surface area contributed by atoms with E-state index in [4.69, 9.17) is 0 Å². The Kier molecular flexibility index (Phi) is 18.3. The van der Waals surface area contributed by atoms with E-state index >= 15 is 0 Å². The highest BCUT2D eigenvalue weighted by atomic mass is 32.2. The monoisotopic (exact) mass is 478 g/mol. The van der Waals surface area contributed by atoms with Crippen molar-refractivity contribution in [3.63, 3.8) is 0 Å². The Bertz CT molecular complexity index is 427. The lowest BCUT2D eigenvalue weighted by Crippen LogP contribution is -2.29. The summed E-state index contributed by atoms with van der Waals surface area (Å²) >= 11 is 8.13. The standard InChI is InChI=1S/C21H42N4S4/c1-5-26-13-9-24(10-14-27-6-2)18-20-17-21(23-22-20)19-25(11-15-28-7-3)12-16-29-8-4/h17H,5-16,18-19H2,1-4H3,(H,22,23). The van der Waals surface area contributed by atoms with E-state index in [0.717, 1.165) is 39.3 Å². The largest absolute Gasteiger partial charge is 0.296 e. The van der Waals surface area contributed by atoms with Gasteiger partial charge in [0.15, 0.2) is 0 Å². The average Bonchev–Trinajstić information content (AvgIpc) is 3.15. The molecule has 0 fully saturated rings. The van der Waals surface area contributed by atoms with E-state index in [2.05, 4.69) is 53.8 Å². The number of hydrogen-bond donors (Lipinski definition) is 1. The molecule has 8 heteroatoms. The zero-order chi connectivity index (χ0) is 21.2. The van der Waals surface area contributed by atoms with Crippen LogP contribution in [0.3, 0.4) is 0 Å². The zero-order valence-electron chi connectivity index (χ0n) is 19.0. The Labute approximate surface area is 196 Å². The van der Waals surface area contributed by atoms with Crippen molar-refractivity contribution in [1.29, 1.82) is 0 Å². The van der Waals surface area contributed by atoms with Crippen LogP contribution in [0.4, 0.5) is 0 Å². The molecule has 0 amide bonds. The summed E-state index contributed by atoms with van der Waals surface area (Å²) in [7, 11) is 0. The first kappa shape index (κ1) is 27.6. The van der Waals surface area contributed by atoms with Crippen molar-refractivity contribution in [2.24, 2.45) is 0 Å². The summed E-state index contributed by atoms with van der Waals surface area (Å²) in [5.74, 6) is 9.66. The highest BCUT2D eigenvalue weighted by Crippen LogP contribution is 2.12. The minimum absolute atomic E-state index is 0.961. The van der Waals surface area contributed by atoms with E-state index in [-0.39, 0.29) is 0 Å². The van der Waals surface area contributed by atoms with E-state index in [1.54, 1.807) is 0 Å². The summed E-state index contributed by atoms with van der Waals surface area (Å²) in [4.78, 5) is 5.15. The number of aromatic nitrogens is 2. The minimum atomic E-state index is 0.961. The lowest BCUT2D eigenvalue weighted by molar-refractivity contribution is 0.296. The summed E-state index contributed by atoms with van der Waals surface area (Å²) < 4.78 is 0. The highest BCUT2D eigenvalue weighted by Gasteiger charge is 2.12. The van der Waals surface area contributed by atoms with Crippen LogP contribution in [0, 0.1) is 0 Å². The molecule has 170 valence electrons. The van der Waals surface area contributed by atoms with Gasteiger partial charge in [-0.25, -0.2) is 0 Å². The van der Waals surface area contributed by atoms with Crippen molar-refractivity contribution < 1.29 is 0 Å². The maximum absolute atomic E-state index is 4.64. The summed E-state index contributed by atoms with van der Waals surface area (Å²) in [5, 5.41) is 7.96. The fourth-order valence-electron chi connectivity index (χ4n) is 2.93. The van der Waals surface area contributed by atoms with Crippen molar-refractivity contribution in [1.82, 2.24) is 20.0 Å². The Hall–Kier alpha value is 0.530. The molecular formula is C21H42N4S4. The lowest BCUT2D eigenvalue weighted by Gasteiger charge is -2.21. The molecule has 0 unspecified atom stereocenters. The molecule has 0 aromatic carbocycles. The van der Waals surface area contributed by atoms with Gasteiger partial charge in [-0.05, 0) is 29.1 Å². The zero-order valence-corrected chi connectivity index (χ0v) is 22.2. The van der Waals surface area contributed by atoms with Crippen LogP contribution in [0.5, 0.6) is 0 Å². The Morgan fingerprint density at radius 2 is 1.10 bits per heavy atom. The van der Waals surface area contributed by atoms with Gasteiger partial charge in [0.1, 0.15) is 0 Å². The normalized spacial score (nSPS) is 11.8. The molecule has 29 heavy (non-hydrogen) atoms. The molecule has 4 nitrogen and oxygen atoms in total. The average molecular weight is 479 g/mol. The molecule has 1 rings (SSSR count). The molecule has 0 saturated heterocycles. The van der Waals surface area contributed by atoms with E-state index in [0.29, 0.717) is 0 Å². The topological polar surface area (TPSA) is 35.2 Å². The van der Waals surface area contributed by atoms with E-state index in [9.17, 15) is 0 Å². The summed E-state index contributed by atoms with van der Waals surface area (Å²) in [6, 6.07) is 2.29. The second kappa shape index (κ2) is 19.2. The maximum atomic E-state index is 4.64. The van der Waals surface area contributed by atoms with Gasteiger partial charge in [-0.3, -0.25) is 14.9 Å². The van der Waals surface area contributed by atoms with Crippen molar-refractivity contribution in [3.05, 3.63) is 17.5 Å². The fourth-order valence-corrected chi connectivity index (χ4v) is 5.64. The smallest absolute Gasteiger partial charge is 0.0765 e. The van der Waals surface area contributed by atoms with Crippen LogP contribution >= 0.6 is 47.0 Å². The number of thioether (sulfide) groups is 4. The second-order valence-corrected chi connectivity index (χ2v) is 12.3. The summed E-state index contributed by atoms with van der Waals surface area (Å²) in [6.07, 6.45) is 0. The van der Waals surface area contributed by atoms with Gasteiger partial charge in [-0.2, -0.15) is 52.1 Å². The van der Waals surface area contributed by atoms with Gasteiger partial charge in [-0.1, -0.05) is 27.7 Å². The van der Waals surface area contributed by atoms with Gasteiger partial charge >= 0.3 is 0 Å². The van der Waals surface area contributed by atoms with Crippen LogP contribution in [0.25, 0.3) is 0 Å². The maximum Gasteiger partial charge on any atom is 0.0765 e. The third kappa shape index (κ3) is 14.3. The van der Waals surface area contributed by atoms with Crippen LogP contribution < -0.4 is 0 Å². The second-order valence-electron chi connectivity index (χ2n) is 6.72. The quantitative estimate of drug-likeness (QED) is 0.263. The number of nitrogens with one attached hydrogen (secondary N) is 1. The number of hydrogen-bond acceptors (Lipinski definition) is 7. The van der Waals surface area contributed by atoms with Gasteiger partial charge in [-0.15, -0.1) is 0 Å². The van der Waals surface area contributed by atoms with Gasteiger partial charge in [0.05, 0.1) is 5.69 Å². The van der Waals surface area contributed by atoms with Crippen molar-refractivity contribution in [2.75, 3.05) is 72.2 Å². The molecule has 0 bridgehead atoms. The molecule has 0 saturated carbocycles. The van der Waals surface area contributed by atoms with Gasteiger partial charge in [0, 0.05) is 68.0 Å². The van der Waals surface area contributed by atoms with Gasteiger partial charge in [0.2, 0.25) is 0 Å². The molecule has 0 aliphatic carbocycles. The molecular weight excluding hydrogens is 437 g/mol. The lowest BCUT2D eigenvalue weighted by atomic mass is 10.3. The SMILES string of the molecule is CCSCCN(CCSCC)Cc1cc(CN(CCSCC)CCSCC)[nH]n1. The first-order valence-electron chi connectivity index (χ1n) is 11.0. The molecule has 0 aliphatic heterocycles. The van der Waals surface area contributed by atoms with Crippen LogP contribution in [-0.4, -0.2) is 92.2 Å². The molecule has 0 spiro atoms.